The van der Waals surface area contributed by atoms with Crippen molar-refractivity contribution in [1.29, 1.82) is 0 Å². The third kappa shape index (κ3) is 1.95. The zero-order chi connectivity index (χ0) is 13.6. The lowest BCUT2D eigenvalue weighted by Gasteiger charge is -2.02. The molecule has 3 aromatic rings. The molecule has 0 aliphatic carbocycles. The topological polar surface area (TPSA) is 47.3 Å². The van der Waals surface area contributed by atoms with Gasteiger partial charge in [0.25, 0.3) is 0 Å². The molecule has 0 aliphatic heterocycles. The van der Waals surface area contributed by atoms with E-state index in [1.807, 2.05) is 32.0 Å². The average molecular weight is 292 g/mol. The Morgan fingerprint density at radius 2 is 2.16 bits per heavy atom. The first-order chi connectivity index (χ1) is 9.10. The van der Waals surface area contributed by atoms with E-state index in [0.717, 1.165) is 27.4 Å². The normalized spacial score (nSPS) is 11.1. The molecule has 19 heavy (non-hydrogen) atoms. The van der Waals surface area contributed by atoms with Crippen molar-refractivity contribution < 1.29 is 4.79 Å². The number of halogens is 1. The van der Waals surface area contributed by atoms with Crippen molar-refractivity contribution in [3.05, 3.63) is 39.5 Å². The number of carbonyl (C=O) groups excluding carboxylic acids is 1. The molecule has 0 unspecified atom stereocenters. The summed E-state index contributed by atoms with van der Waals surface area (Å²) in [6.07, 6.45) is 0.790. The lowest BCUT2D eigenvalue weighted by atomic mass is 10.1. The molecule has 1 aromatic carbocycles. The van der Waals surface area contributed by atoms with Crippen LogP contribution in [-0.4, -0.2) is 20.9 Å². The molecule has 96 valence electrons. The maximum absolute atomic E-state index is 11.3. The van der Waals surface area contributed by atoms with E-state index < -0.39 is 0 Å². The van der Waals surface area contributed by atoms with E-state index in [2.05, 4.69) is 10.1 Å². The van der Waals surface area contributed by atoms with E-state index in [9.17, 15) is 4.79 Å². The first-order valence-corrected chi connectivity index (χ1v) is 6.87. The summed E-state index contributed by atoms with van der Waals surface area (Å²) in [4.78, 5) is 16.5. The number of aromatic nitrogens is 3. The molecule has 4 nitrogen and oxygen atoms in total. The molecule has 2 aromatic heterocycles. The molecule has 0 aliphatic rings. The largest absolute Gasteiger partial charge is 0.296 e. The van der Waals surface area contributed by atoms with E-state index in [1.54, 1.807) is 4.52 Å². The van der Waals surface area contributed by atoms with E-state index in [-0.39, 0.29) is 0 Å². The highest BCUT2D eigenvalue weighted by Gasteiger charge is 2.16. The number of imidazole rings is 1. The Morgan fingerprint density at radius 3 is 2.84 bits per heavy atom. The van der Waals surface area contributed by atoms with E-state index in [0.29, 0.717) is 16.4 Å². The van der Waals surface area contributed by atoms with E-state index in [4.69, 9.17) is 11.6 Å². The van der Waals surface area contributed by atoms with Gasteiger partial charge in [-0.25, -0.2) is 4.98 Å². The molecule has 0 bridgehead atoms. The first kappa shape index (κ1) is 12.3. The van der Waals surface area contributed by atoms with Gasteiger partial charge in [0.15, 0.2) is 6.29 Å². The van der Waals surface area contributed by atoms with Gasteiger partial charge in [0.2, 0.25) is 4.96 Å². The van der Waals surface area contributed by atoms with Crippen LogP contribution >= 0.6 is 22.9 Å². The zero-order valence-corrected chi connectivity index (χ0v) is 11.9. The summed E-state index contributed by atoms with van der Waals surface area (Å²) in [6, 6.07) is 5.60. The Kier molecular flexibility index (Phi) is 2.88. The number of benzene rings is 1. The summed E-state index contributed by atoms with van der Waals surface area (Å²) in [5, 5.41) is 5.86. The number of hydrogen-bond donors (Lipinski definition) is 0. The lowest BCUT2D eigenvalue weighted by Crippen LogP contribution is -1.94. The standard InChI is InChI=1S/C13H10ClN3OS/c1-7-5-9(3-4-10(7)14)12-11(6-18)17-13(15-12)19-8(2)16-17/h3-6H,1-2H3. The van der Waals surface area contributed by atoms with Crippen LogP contribution in [0.25, 0.3) is 16.2 Å². The molecule has 6 heteroatoms. The molecular weight excluding hydrogens is 282 g/mol. The highest BCUT2D eigenvalue weighted by molar-refractivity contribution is 7.16. The van der Waals surface area contributed by atoms with Crippen molar-refractivity contribution in [2.45, 2.75) is 13.8 Å². The molecule has 0 atom stereocenters. The summed E-state index contributed by atoms with van der Waals surface area (Å²) in [7, 11) is 0. The fraction of sp³-hybridized carbons (Fsp3) is 0.154. The Morgan fingerprint density at radius 1 is 1.37 bits per heavy atom. The summed E-state index contributed by atoms with van der Waals surface area (Å²) in [5.74, 6) is 0. The molecule has 0 amide bonds. The molecule has 0 radical (unpaired) electrons. The maximum atomic E-state index is 11.3. The molecule has 0 N–H and O–H groups in total. The van der Waals surface area contributed by atoms with Crippen LogP contribution in [0.5, 0.6) is 0 Å². The van der Waals surface area contributed by atoms with Crippen LogP contribution in [0.3, 0.4) is 0 Å². The number of aldehydes is 1. The fourth-order valence-electron chi connectivity index (χ4n) is 1.97. The van der Waals surface area contributed by atoms with Gasteiger partial charge in [-0.1, -0.05) is 29.0 Å². The van der Waals surface area contributed by atoms with Gasteiger partial charge in [-0.3, -0.25) is 4.79 Å². The predicted molar refractivity (Wildman–Crippen MR) is 76.2 cm³/mol. The van der Waals surface area contributed by atoms with Crippen molar-refractivity contribution in [2.75, 3.05) is 0 Å². The van der Waals surface area contributed by atoms with Crippen molar-refractivity contribution in [3.8, 4) is 11.3 Å². The Bertz CT molecular complexity index is 791. The Hall–Kier alpha value is -1.72. The fourth-order valence-corrected chi connectivity index (χ4v) is 2.84. The quantitative estimate of drug-likeness (QED) is 0.679. The van der Waals surface area contributed by atoms with Gasteiger partial charge in [0.05, 0.1) is 0 Å². The monoisotopic (exact) mass is 291 g/mol. The van der Waals surface area contributed by atoms with Crippen molar-refractivity contribution in [3.63, 3.8) is 0 Å². The summed E-state index contributed by atoms with van der Waals surface area (Å²) in [6.45, 7) is 3.81. The predicted octanol–water partition coefficient (Wildman–Crippen LogP) is 3.54. The molecule has 0 spiro atoms. The zero-order valence-electron chi connectivity index (χ0n) is 10.3. The first-order valence-electron chi connectivity index (χ1n) is 5.68. The van der Waals surface area contributed by atoms with Crippen LogP contribution in [0, 0.1) is 13.8 Å². The number of rotatable bonds is 2. The van der Waals surface area contributed by atoms with Crippen LogP contribution in [0.1, 0.15) is 21.1 Å². The minimum Gasteiger partial charge on any atom is -0.296 e. The minimum atomic E-state index is 0.473. The summed E-state index contributed by atoms with van der Waals surface area (Å²) >= 11 is 7.48. The molecule has 3 rings (SSSR count). The van der Waals surface area contributed by atoms with E-state index in [1.165, 1.54) is 11.3 Å². The minimum absolute atomic E-state index is 0.473. The number of fused-ring (bicyclic) bond motifs is 1. The second-order valence-corrected chi connectivity index (χ2v) is 5.81. The molecule has 0 saturated carbocycles. The number of nitrogens with zero attached hydrogens (tertiary/aromatic N) is 3. The third-order valence-electron chi connectivity index (χ3n) is 2.88. The van der Waals surface area contributed by atoms with Gasteiger partial charge < -0.3 is 0 Å². The van der Waals surface area contributed by atoms with Crippen molar-refractivity contribution in [1.82, 2.24) is 14.6 Å². The molecule has 2 heterocycles. The summed E-state index contributed by atoms with van der Waals surface area (Å²) < 4.78 is 1.59. The van der Waals surface area contributed by atoms with Crippen LogP contribution in [0.2, 0.25) is 5.02 Å². The van der Waals surface area contributed by atoms with Gasteiger partial charge in [0.1, 0.15) is 16.4 Å². The highest BCUT2D eigenvalue weighted by atomic mass is 35.5. The second-order valence-electron chi connectivity index (χ2n) is 4.24. The Labute approximate surface area is 118 Å². The summed E-state index contributed by atoms with van der Waals surface area (Å²) in [5.41, 5.74) is 2.95. The SMILES string of the molecule is Cc1nn2c(C=O)c(-c3ccc(Cl)c(C)c3)nc2s1. The van der Waals surface area contributed by atoms with Gasteiger partial charge >= 0.3 is 0 Å². The van der Waals surface area contributed by atoms with Crippen molar-refractivity contribution in [2.24, 2.45) is 0 Å². The van der Waals surface area contributed by atoms with Gasteiger partial charge in [-0.05, 0) is 31.5 Å². The van der Waals surface area contributed by atoms with Crippen LogP contribution < -0.4 is 0 Å². The number of aryl methyl sites for hydroxylation is 2. The van der Waals surface area contributed by atoms with Gasteiger partial charge in [-0.2, -0.15) is 9.61 Å². The second kappa shape index (κ2) is 4.43. The number of hydrogen-bond acceptors (Lipinski definition) is 4. The molecule has 0 saturated heterocycles. The highest BCUT2D eigenvalue weighted by Crippen LogP contribution is 2.28. The lowest BCUT2D eigenvalue weighted by molar-refractivity contribution is 0.111. The van der Waals surface area contributed by atoms with Gasteiger partial charge in [0, 0.05) is 10.6 Å². The molecule has 0 fully saturated rings. The Balaban J connectivity index is 2.26. The maximum Gasteiger partial charge on any atom is 0.213 e. The smallest absolute Gasteiger partial charge is 0.213 e. The molecular formula is C13H10ClN3OS. The third-order valence-corrected chi connectivity index (χ3v) is 4.13. The number of carbonyl (C=O) groups is 1. The average Bonchev–Trinajstić information content (AvgIpc) is 2.88. The van der Waals surface area contributed by atoms with E-state index >= 15 is 0 Å². The van der Waals surface area contributed by atoms with Crippen LogP contribution in [0.4, 0.5) is 0 Å². The van der Waals surface area contributed by atoms with Gasteiger partial charge in [-0.15, -0.1) is 0 Å². The van der Waals surface area contributed by atoms with Crippen molar-refractivity contribution >= 4 is 34.2 Å². The van der Waals surface area contributed by atoms with Crippen LogP contribution in [0.15, 0.2) is 18.2 Å². The van der Waals surface area contributed by atoms with Crippen LogP contribution in [-0.2, 0) is 0 Å².